The number of piperazine rings is 1. The van der Waals surface area contributed by atoms with Crippen molar-refractivity contribution in [2.45, 2.75) is 38.8 Å². The molecule has 5 heteroatoms. The van der Waals surface area contributed by atoms with E-state index in [1.807, 2.05) is 4.90 Å². The molecule has 2 N–H and O–H groups in total. The standard InChI is InChI=1S/C19H29N3O2/c1-15-2-4-16(5-3-15)12-20-19(24)22-10-9-21(13-17-6-7-17)18(14-22)8-11-23/h2-5,17-18,23H,6-14H2,1H3,(H,20,24)/t18-/m1/s1. The fourth-order valence-corrected chi connectivity index (χ4v) is 3.37. The van der Waals surface area contributed by atoms with Gasteiger partial charge in [0.05, 0.1) is 0 Å². The van der Waals surface area contributed by atoms with E-state index in [2.05, 4.69) is 41.4 Å². The van der Waals surface area contributed by atoms with E-state index in [9.17, 15) is 9.90 Å². The highest BCUT2D eigenvalue weighted by molar-refractivity contribution is 5.74. The molecule has 24 heavy (non-hydrogen) atoms. The van der Waals surface area contributed by atoms with Crippen LogP contribution in [0.4, 0.5) is 4.79 Å². The van der Waals surface area contributed by atoms with Crippen LogP contribution in [0.25, 0.3) is 0 Å². The summed E-state index contributed by atoms with van der Waals surface area (Å²) in [6, 6.07) is 8.53. The van der Waals surface area contributed by atoms with Crippen molar-refractivity contribution in [2.24, 2.45) is 5.92 Å². The molecule has 1 heterocycles. The Morgan fingerprint density at radius 3 is 2.67 bits per heavy atom. The zero-order valence-electron chi connectivity index (χ0n) is 14.6. The van der Waals surface area contributed by atoms with Crippen LogP contribution >= 0.6 is 0 Å². The third-order valence-electron chi connectivity index (χ3n) is 5.11. The molecule has 2 aliphatic rings. The second kappa shape index (κ2) is 7.99. The Labute approximate surface area is 144 Å². The van der Waals surface area contributed by atoms with Gasteiger partial charge in [-0.1, -0.05) is 29.8 Å². The molecule has 1 aromatic rings. The Balaban J connectivity index is 1.50. The maximum absolute atomic E-state index is 12.5. The van der Waals surface area contributed by atoms with Crippen molar-refractivity contribution in [3.63, 3.8) is 0 Å². The number of rotatable bonds is 6. The van der Waals surface area contributed by atoms with Crippen molar-refractivity contribution in [1.29, 1.82) is 0 Å². The van der Waals surface area contributed by atoms with Crippen LogP contribution in [-0.2, 0) is 6.54 Å². The van der Waals surface area contributed by atoms with Crippen LogP contribution in [0.2, 0.25) is 0 Å². The van der Waals surface area contributed by atoms with Crippen LogP contribution in [0, 0.1) is 12.8 Å². The summed E-state index contributed by atoms with van der Waals surface area (Å²) in [5, 5.41) is 12.4. The average Bonchev–Trinajstić information content (AvgIpc) is 3.40. The molecule has 1 aliphatic heterocycles. The van der Waals surface area contributed by atoms with Crippen molar-refractivity contribution in [2.75, 3.05) is 32.8 Å². The van der Waals surface area contributed by atoms with Crippen LogP contribution in [0.5, 0.6) is 0 Å². The monoisotopic (exact) mass is 331 g/mol. The number of aliphatic hydroxyl groups excluding tert-OH is 1. The van der Waals surface area contributed by atoms with Gasteiger partial charge in [0.2, 0.25) is 0 Å². The SMILES string of the molecule is Cc1ccc(CNC(=O)N2CCN(CC3CC3)[C@H](CCO)C2)cc1. The highest BCUT2D eigenvalue weighted by Gasteiger charge is 2.33. The summed E-state index contributed by atoms with van der Waals surface area (Å²) in [7, 11) is 0. The lowest BCUT2D eigenvalue weighted by molar-refractivity contribution is 0.0703. The Hall–Kier alpha value is -1.59. The summed E-state index contributed by atoms with van der Waals surface area (Å²) in [5.41, 5.74) is 2.34. The zero-order chi connectivity index (χ0) is 16.9. The third kappa shape index (κ3) is 4.71. The van der Waals surface area contributed by atoms with E-state index in [4.69, 9.17) is 0 Å². The van der Waals surface area contributed by atoms with Crippen LogP contribution in [0.15, 0.2) is 24.3 Å². The molecule has 1 atom stereocenters. The van der Waals surface area contributed by atoms with Gasteiger partial charge in [-0.05, 0) is 37.7 Å². The number of aliphatic hydroxyl groups is 1. The second-order valence-corrected chi connectivity index (χ2v) is 7.19. The third-order valence-corrected chi connectivity index (χ3v) is 5.11. The summed E-state index contributed by atoms with van der Waals surface area (Å²) in [6.07, 6.45) is 3.42. The Morgan fingerprint density at radius 2 is 2.00 bits per heavy atom. The summed E-state index contributed by atoms with van der Waals surface area (Å²) < 4.78 is 0. The molecule has 132 valence electrons. The summed E-state index contributed by atoms with van der Waals surface area (Å²) in [5.74, 6) is 0.841. The van der Waals surface area contributed by atoms with E-state index < -0.39 is 0 Å². The Bertz CT molecular complexity index is 542. The molecular weight excluding hydrogens is 302 g/mol. The minimum absolute atomic E-state index is 0.00425. The van der Waals surface area contributed by atoms with E-state index in [0.717, 1.165) is 37.5 Å². The van der Waals surface area contributed by atoms with E-state index in [-0.39, 0.29) is 18.7 Å². The largest absolute Gasteiger partial charge is 0.396 e. The lowest BCUT2D eigenvalue weighted by Gasteiger charge is -2.41. The first kappa shape index (κ1) is 17.2. The molecule has 0 unspecified atom stereocenters. The molecule has 1 saturated heterocycles. The molecule has 0 radical (unpaired) electrons. The predicted octanol–water partition coefficient (Wildman–Crippen LogP) is 1.98. The number of aryl methyl sites for hydroxylation is 1. The minimum atomic E-state index is 0.00425. The molecule has 1 aliphatic carbocycles. The molecule has 1 saturated carbocycles. The lowest BCUT2D eigenvalue weighted by Crippen LogP contribution is -2.57. The van der Waals surface area contributed by atoms with Gasteiger partial charge < -0.3 is 15.3 Å². The number of nitrogens with one attached hydrogen (secondary N) is 1. The number of amides is 2. The van der Waals surface area contributed by atoms with Crippen LogP contribution in [0.1, 0.15) is 30.4 Å². The molecule has 0 bridgehead atoms. The smallest absolute Gasteiger partial charge is 0.317 e. The van der Waals surface area contributed by atoms with Crippen LogP contribution in [0.3, 0.4) is 0 Å². The zero-order valence-corrected chi connectivity index (χ0v) is 14.6. The van der Waals surface area contributed by atoms with Crippen molar-refractivity contribution < 1.29 is 9.90 Å². The van der Waals surface area contributed by atoms with E-state index >= 15 is 0 Å². The van der Waals surface area contributed by atoms with E-state index in [1.54, 1.807) is 0 Å². The molecule has 3 rings (SSSR count). The van der Waals surface area contributed by atoms with Gasteiger partial charge in [-0.25, -0.2) is 4.79 Å². The fraction of sp³-hybridized carbons (Fsp3) is 0.632. The van der Waals surface area contributed by atoms with Crippen molar-refractivity contribution >= 4 is 6.03 Å². The van der Waals surface area contributed by atoms with Gasteiger partial charge in [-0.3, -0.25) is 4.90 Å². The molecule has 0 spiro atoms. The van der Waals surface area contributed by atoms with Gasteiger partial charge >= 0.3 is 6.03 Å². The summed E-state index contributed by atoms with van der Waals surface area (Å²) >= 11 is 0. The Kier molecular flexibility index (Phi) is 5.74. The number of benzene rings is 1. The highest BCUT2D eigenvalue weighted by Crippen LogP contribution is 2.31. The van der Waals surface area contributed by atoms with Gasteiger partial charge in [0.15, 0.2) is 0 Å². The number of carbonyl (C=O) groups is 1. The van der Waals surface area contributed by atoms with Crippen molar-refractivity contribution in [3.8, 4) is 0 Å². The van der Waals surface area contributed by atoms with Gasteiger partial charge in [-0.15, -0.1) is 0 Å². The van der Waals surface area contributed by atoms with Gasteiger partial charge in [0.1, 0.15) is 0 Å². The van der Waals surface area contributed by atoms with Crippen LogP contribution < -0.4 is 5.32 Å². The molecule has 5 nitrogen and oxygen atoms in total. The molecule has 2 fully saturated rings. The number of hydrogen-bond acceptors (Lipinski definition) is 3. The van der Waals surface area contributed by atoms with Gasteiger partial charge in [0, 0.05) is 45.4 Å². The predicted molar refractivity (Wildman–Crippen MR) is 94.8 cm³/mol. The van der Waals surface area contributed by atoms with Gasteiger partial charge in [0.25, 0.3) is 0 Å². The van der Waals surface area contributed by atoms with Crippen molar-refractivity contribution in [3.05, 3.63) is 35.4 Å². The highest BCUT2D eigenvalue weighted by atomic mass is 16.3. The van der Waals surface area contributed by atoms with E-state index in [0.29, 0.717) is 13.1 Å². The minimum Gasteiger partial charge on any atom is -0.396 e. The number of carbonyl (C=O) groups excluding carboxylic acids is 1. The number of urea groups is 1. The molecule has 2 amide bonds. The first-order valence-corrected chi connectivity index (χ1v) is 9.09. The second-order valence-electron chi connectivity index (χ2n) is 7.19. The van der Waals surface area contributed by atoms with E-state index in [1.165, 1.54) is 18.4 Å². The molecule has 0 aromatic heterocycles. The first-order chi connectivity index (χ1) is 11.7. The maximum atomic E-state index is 12.5. The summed E-state index contributed by atoms with van der Waals surface area (Å²) in [6.45, 7) is 6.34. The molecule has 1 aromatic carbocycles. The normalized spacial score (nSPS) is 21.8. The maximum Gasteiger partial charge on any atom is 0.317 e. The lowest BCUT2D eigenvalue weighted by atomic mass is 10.1. The fourth-order valence-electron chi connectivity index (χ4n) is 3.37. The Morgan fingerprint density at radius 1 is 1.25 bits per heavy atom. The average molecular weight is 331 g/mol. The molecular formula is C19H29N3O2. The van der Waals surface area contributed by atoms with Crippen LogP contribution in [-0.4, -0.2) is 59.8 Å². The quantitative estimate of drug-likeness (QED) is 0.838. The number of nitrogens with zero attached hydrogens (tertiary/aromatic N) is 2. The van der Waals surface area contributed by atoms with Gasteiger partial charge in [-0.2, -0.15) is 0 Å². The number of hydrogen-bond donors (Lipinski definition) is 2. The topological polar surface area (TPSA) is 55.8 Å². The van der Waals surface area contributed by atoms with Crippen molar-refractivity contribution in [1.82, 2.24) is 15.1 Å². The summed E-state index contributed by atoms with van der Waals surface area (Å²) in [4.78, 5) is 16.8. The first-order valence-electron chi connectivity index (χ1n) is 9.09.